The van der Waals surface area contributed by atoms with E-state index < -0.39 is 0 Å². The average Bonchev–Trinajstić information content (AvgIpc) is 2.44. The van der Waals surface area contributed by atoms with Crippen LogP contribution < -0.4 is 5.32 Å². The Hall–Kier alpha value is -0.810. The van der Waals surface area contributed by atoms with Gasteiger partial charge < -0.3 is 19.7 Å². The van der Waals surface area contributed by atoms with Crippen molar-refractivity contribution in [1.82, 2.24) is 10.2 Å². The van der Waals surface area contributed by atoms with E-state index in [1.807, 2.05) is 4.90 Å². The van der Waals surface area contributed by atoms with Crippen molar-refractivity contribution < 1.29 is 14.3 Å². The van der Waals surface area contributed by atoms with E-state index in [1.54, 1.807) is 0 Å². The van der Waals surface area contributed by atoms with E-state index in [0.717, 1.165) is 71.5 Å². The van der Waals surface area contributed by atoms with Gasteiger partial charge in [0, 0.05) is 32.7 Å². The van der Waals surface area contributed by atoms with Gasteiger partial charge in [-0.15, -0.1) is 0 Å². The number of hydrogen-bond donors (Lipinski definition) is 1. The maximum atomic E-state index is 12.2. The monoisotopic (exact) mass is 268 g/mol. The summed E-state index contributed by atoms with van der Waals surface area (Å²) in [6.07, 6.45) is 4.95. The lowest BCUT2D eigenvalue weighted by Gasteiger charge is -2.44. The van der Waals surface area contributed by atoms with Crippen LogP contribution in [0.2, 0.25) is 0 Å². The Balaban J connectivity index is 1.53. The number of nitrogens with one attached hydrogen (secondary N) is 1. The summed E-state index contributed by atoms with van der Waals surface area (Å²) in [5, 5.41) is 3.33. The van der Waals surface area contributed by atoms with Gasteiger partial charge in [-0.05, 0) is 44.7 Å². The van der Waals surface area contributed by atoms with Gasteiger partial charge in [0.15, 0.2) is 0 Å². The second-order valence-corrected chi connectivity index (χ2v) is 6.05. The molecule has 0 aromatic rings. The SMILES string of the molecule is O=C1OC2(CCNCC2)CCN1CC1CCOCC1. The molecule has 0 saturated carbocycles. The Morgan fingerprint density at radius 3 is 2.63 bits per heavy atom. The second kappa shape index (κ2) is 5.67. The summed E-state index contributed by atoms with van der Waals surface area (Å²) in [5.74, 6) is 0.586. The van der Waals surface area contributed by atoms with Gasteiger partial charge in [0.2, 0.25) is 0 Å². The highest BCUT2D eigenvalue weighted by molar-refractivity contribution is 5.69. The molecule has 1 amide bonds. The molecule has 3 aliphatic heterocycles. The molecule has 3 rings (SSSR count). The molecule has 0 aromatic carbocycles. The smallest absolute Gasteiger partial charge is 0.410 e. The first-order valence-electron chi connectivity index (χ1n) is 7.54. The predicted molar refractivity (Wildman–Crippen MR) is 71.0 cm³/mol. The Morgan fingerprint density at radius 2 is 1.95 bits per heavy atom. The molecule has 0 bridgehead atoms. The summed E-state index contributed by atoms with van der Waals surface area (Å²) < 4.78 is 11.1. The fraction of sp³-hybridized carbons (Fsp3) is 0.929. The standard InChI is InChI=1S/C14H24N2O3/c17-13-16(11-12-1-9-18-10-2-12)8-5-14(19-13)3-6-15-7-4-14/h12,15H,1-11H2. The quantitative estimate of drug-likeness (QED) is 0.822. The van der Waals surface area contributed by atoms with E-state index in [-0.39, 0.29) is 11.7 Å². The van der Waals surface area contributed by atoms with Crippen LogP contribution in [0, 0.1) is 5.92 Å². The Bertz CT molecular complexity index is 323. The van der Waals surface area contributed by atoms with Crippen molar-refractivity contribution in [2.45, 2.75) is 37.7 Å². The fourth-order valence-corrected chi connectivity index (χ4v) is 3.37. The van der Waals surface area contributed by atoms with Gasteiger partial charge in [0.1, 0.15) is 5.60 Å². The van der Waals surface area contributed by atoms with Gasteiger partial charge in [-0.2, -0.15) is 0 Å². The highest BCUT2D eigenvalue weighted by Gasteiger charge is 2.41. The van der Waals surface area contributed by atoms with Crippen molar-refractivity contribution >= 4 is 6.09 Å². The third kappa shape index (κ3) is 3.03. The first-order valence-corrected chi connectivity index (χ1v) is 7.54. The Labute approximate surface area is 114 Å². The van der Waals surface area contributed by atoms with Crippen LogP contribution in [0.1, 0.15) is 32.1 Å². The third-order valence-electron chi connectivity index (χ3n) is 4.73. The molecule has 5 nitrogen and oxygen atoms in total. The normalized spacial score (nSPS) is 28.4. The molecule has 19 heavy (non-hydrogen) atoms. The first-order chi connectivity index (χ1) is 9.27. The number of hydrogen-bond acceptors (Lipinski definition) is 4. The van der Waals surface area contributed by atoms with Gasteiger partial charge in [0.25, 0.3) is 0 Å². The molecule has 5 heteroatoms. The molecule has 0 atom stereocenters. The average molecular weight is 268 g/mol. The molecule has 0 unspecified atom stereocenters. The van der Waals surface area contributed by atoms with Gasteiger partial charge in [0.05, 0.1) is 0 Å². The van der Waals surface area contributed by atoms with Crippen LogP contribution in [-0.4, -0.2) is 56.0 Å². The van der Waals surface area contributed by atoms with Crippen LogP contribution in [0.15, 0.2) is 0 Å². The number of rotatable bonds is 2. The van der Waals surface area contributed by atoms with Crippen LogP contribution in [0.4, 0.5) is 4.79 Å². The number of nitrogens with zero attached hydrogens (tertiary/aromatic N) is 1. The maximum absolute atomic E-state index is 12.2. The van der Waals surface area contributed by atoms with E-state index in [0.29, 0.717) is 5.92 Å². The molecule has 3 heterocycles. The van der Waals surface area contributed by atoms with Crippen molar-refractivity contribution in [3.8, 4) is 0 Å². The first kappa shape index (κ1) is 13.2. The van der Waals surface area contributed by atoms with Crippen LogP contribution in [-0.2, 0) is 9.47 Å². The molecule has 1 N–H and O–H groups in total. The van der Waals surface area contributed by atoms with Crippen LogP contribution in [0.25, 0.3) is 0 Å². The highest BCUT2D eigenvalue weighted by Crippen LogP contribution is 2.32. The fourth-order valence-electron chi connectivity index (χ4n) is 3.37. The minimum Gasteiger partial charge on any atom is -0.443 e. The summed E-state index contributed by atoms with van der Waals surface area (Å²) >= 11 is 0. The number of carbonyl (C=O) groups excluding carboxylic acids is 1. The Kier molecular flexibility index (Phi) is 3.93. The third-order valence-corrected chi connectivity index (χ3v) is 4.73. The number of carbonyl (C=O) groups is 1. The summed E-state index contributed by atoms with van der Waals surface area (Å²) in [7, 11) is 0. The van der Waals surface area contributed by atoms with E-state index >= 15 is 0 Å². The summed E-state index contributed by atoms with van der Waals surface area (Å²) in [6, 6.07) is 0. The Morgan fingerprint density at radius 1 is 1.21 bits per heavy atom. The van der Waals surface area contributed by atoms with Gasteiger partial charge in [-0.3, -0.25) is 0 Å². The molecule has 0 aromatic heterocycles. The molecular weight excluding hydrogens is 244 g/mol. The van der Waals surface area contributed by atoms with Crippen molar-refractivity contribution in [3.05, 3.63) is 0 Å². The second-order valence-electron chi connectivity index (χ2n) is 6.05. The highest BCUT2D eigenvalue weighted by atomic mass is 16.6. The molecule has 1 spiro atoms. The molecule has 0 radical (unpaired) electrons. The number of amides is 1. The molecule has 3 saturated heterocycles. The number of piperidine rings is 1. The van der Waals surface area contributed by atoms with E-state index in [1.165, 1.54) is 0 Å². The zero-order valence-electron chi connectivity index (χ0n) is 11.5. The zero-order chi connectivity index (χ0) is 13.1. The van der Waals surface area contributed by atoms with Crippen LogP contribution >= 0.6 is 0 Å². The molecule has 3 aliphatic rings. The topological polar surface area (TPSA) is 50.8 Å². The summed E-state index contributed by atoms with van der Waals surface area (Å²) in [4.78, 5) is 14.1. The number of ether oxygens (including phenoxy) is 2. The lowest BCUT2D eigenvalue weighted by atomic mass is 9.87. The predicted octanol–water partition coefficient (Wildman–Crippen LogP) is 1.38. The lowest BCUT2D eigenvalue weighted by Crippen LogP contribution is -2.54. The largest absolute Gasteiger partial charge is 0.443 e. The van der Waals surface area contributed by atoms with Crippen LogP contribution in [0.5, 0.6) is 0 Å². The summed E-state index contributed by atoms with van der Waals surface area (Å²) in [6.45, 7) is 5.31. The molecule has 108 valence electrons. The molecule has 0 aliphatic carbocycles. The van der Waals surface area contributed by atoms with Crippen molar-refractivity contribution in [2.24, 2.45) is 5.92 Å². The van der Waals surface area contributed by atoms with Crippen LogP contribution in [0.3, 0.4) is 0 Å². The maximum Gasteiger partial charge on any atom is 0.410 e. The van der Waals surface area contributed by atoms with Gasteiger partial charge in [-0.25, -0.2) is 4.79 Å². The lowest BCUT2D eigenvalue weighted by molar-refractivity contribution is -0.0694. The van der Waals surface area contributed by atoms with Gasteiger partial charge in [-0.1, -0.05) is 0 Å². The summed E-state index contributed by atoms with van der Waals surface area (Å²) in [5.41, 5.74) is -0.172. The van der Waals surface area contributed by atoms with Crippen molar-refractivity contribution in [3.63, 3.8) is 0 Å². The van der Waals surface area contributed by atoms with E-state index in [4.69, 9.17) is 9.47 Å². The van der Waals surface area contributed by atoms with Gasteiger partial charge >= 0.3 is 6.09 Å². The van der Waals surface area contributed by atoms with E-state index in [9.17, 15) is 4.79 Å². The molecular formula is C14H24N2O3. The minimum absolute atomic E-state index is 0.0976. The zero-order valence-corrected chi connectivity index (χ0v) is 11.5. The van der Waals surface area contributed by atoms with Crippen molar-refractivity contribution in [2.75, 3.05) is 39.4 Å². The molecule has 3 fully saturated rings. The van der Waals surface area contributed by atoms with E-state index in [2.05, 4.69) is 5.32 Å². The minimum atomic E-state index is -0.172. The van der Waals surface area contributed by atoms with Crippen molar-refractivity contribution in [1.29, 1.82) is 0 Å².